The first-order valence-corrected chi connectivity index (χ1v) is 7.50. The SMILES string of the molecule is O=C(O)C(CC1Cc2ccccc21)c1cccc(Br)c1. The molecule has 2 unspecified atom stereocenters. The average Bonchev–Trinajstić information content (AvgIpc) is 2.39. The van der Waals surface area contributed by atoms with E-state index in [2.05, 4.69) is 28.1 Å². The number of halogens is 1. The Labute approximate surface area is 126 Å². The predicted octanol–water partition coefficient (Wildman–Crippen LogP) is 4.35. The van der Waals surface area contributed by atoms with Gasteiger partial charge < -0.3 is 5.11 Å². The molecule has 0 spiro atoms. The van der Waals surface area contributed by atoms with Crippen LogP contribution in [0.2, 0.25) is 0 Å². The maximum atomic E-state index is 11.6. The van der Waals surface area contributed by atoms with Crippen molar-refractivity contribution in [3.05, 3.63) is 69.7 Å². The van der Waals surface area contributed by atoms with Crippen LogP contribution in [0.3, 0.4) is 0 Å². The normalized spacial score (nSPS) is 17.9. The van der Waals surface area contributed by atoms with Crippen molar-refractivity contribution < 1.29 is 9.90 Å². The van der Waals surface area contributed by atoms with Crippen LogP contribution in [0.4, 0.5) is 0 Å². The van der Waals surface area contributed by atoms with E-state index in [-0.39, 0.29) is 0 Å². The highest BCUT2D eigenvalue weighted by Gasteiger charge is 2.31. The Kier molecular flexibility index (Phi) is 3.62. The third-order valence-electron chi connectivity index (χ3n) is 4.03. The zero-order chi connectivity index (χ0) is 14.1. The summed E-state index contributed by atoms with van der Waals surface area (Å²) in [5, 5.41) is 9.52. The molecule has 0 aliphatic heterocycles. The van der Waals surface area contributed by atoms with Crippen molar-refractivity contribution in [2.75, 3.05) is 0 Å². The fraction of sp³-hybridized carbons (Fsp3) is 0.235. The van der Waals surface area contributed by atoms with Crippen molar-refractivity contribution in [1.82, 2.24) is 0 Å². The fourth-order valence-corrected chi connectivity index (χ4v) is 3.38. The van der Waals surface area contributed by atoms with E-state index < -0.39 is 11.9 Å². The molecule has 2 nitrogen and oxygen atoms in total. The first kappa shape index (κ1) is 13.4. The quantitative estimate of drug-likeness (QED) is 0.904. The monoisotopic (exact) mass is 330 g/mol. The Morgan fingerprint density at radius 2 is 2.05 bits per heavy atom. The lowest BCUT2D eigenvalue weighted by molar-refractivity contribution is -0.139. The van der Waals surface area contributed by atoms with E-state index in [0.717, 1.165) is 16.5 Å². The standard InChI is InChI=1S/C17H15BrO2/c18-14-6-3-5-12(9-14)16(17(19)20)10-13-8-11-4-1-2-7-15(11)13/h1-7,9,13,16H,8,10H2,(H,19,20). The van der Waals surface area contributed by atoms with Gasteiger partial charge >= 0.3 is 5.97 Å². The summed E-state index contributed by atoms with van der Waals surface area (Å²) in [6, 6.07) is 15.9. The maximum Gasteiger partial charge on any atom is 0.310 e. The zero-order valence-corrected chi connectivity index (χ0v) is 12.5. The van der Waals surface area contributed by atoms with Crippen molar-refractivity contribution in [3.8, 4) is 0 Å². The van der Waals surface area contributed by atoms with Gasteiger partial charge in [0.15, 0.2) is 0 Å². The van der Waals surface area contributed by atoms with Crippen molar-refractivity contribution in [2.45, 2.75) is 24.7 Å². The molecular formula is C17H15BrO2. The van der Waals surface area contributed by atoms with Crippen LogP contribution < -0.4 is 0 Å². The number of fused-ring (bicyclic) bond motifs is 1. The van der Waals surface area contributed by atoms with Gasteiger partial charge in [0.05, 0.1) is 5.92 Å². The molecule has 0 heterocycles. The van der Waals surface area contributed by atoms with Gasteiger partial charge in [-0.15, -0.1) is 0 Å². The van der Waals surface area contributed by atoms with Crippen LogP contribution in [0.25, 0.3) is 0 Å². The van der Waals surface area contributed by atoms with Crippen molar-refractivity contribution in [1.29, 1.82) is 0 Å². The molecule has 0 amide bonds. The minimum Gasteiger partial charge on any atom is -0.481 e. The molecule has 1 aliphatic carbocycles. The second-order valence-corrected chi connectivity index (χ2v) is 6.20. The van der Waals surface area contributed by atoms with E-state index in [0.29, 0.717) is 12.3 Å². The van der Waals surface area contributed by atoms with Gasteiger partial charge in [0, 0.05) is 4.47 Å². The lowest BCUT2D eigenvalue weighted by Gasteiger charge is -2.32. The topological polar surface area (TPSA) is 37.3 Å². The van der Waals surface area contributed by atoms with Gasteiger partial charge in [0.1, 0.15) is 0 Å². The lowest BCUT2D eigenvalue weighted by atomic mass is 9.72. The summed E-state index contributed by atoms with van der Waals surface area (Å²) in [5.74, 6) is -0.815. The molecule has 0 fully saturated rings. The molecular weight excluding hydrogens is 316 g/mol. The van der Waals surface area contributed by atoms with Gasteiger partial charge in [-0.3, -0.25) is 4.79 Å². The van der Waals surface area contributed by atoms with Crippen LogP contribution >= 0.6 is 15.9 Å². The van der Waals surface area contributed by atoms with E-state index in [1.54, 1.807) is 0 Å². The number of hydrogen-bond donors (Lipinski definition) is 1. The van der Waals surface area contributed by atoms with Crippen LogP contribution in [0.1, 0.15) is 34.9 Å². The third-order valence-corrected chi connectivity index (χ3v) is 4.52. The number of carbonyl (C=O) groups is 1. The minimum atomic E-state index is -0.743. The summed E-state index contributed by atoms with van der Waals surface area (Å²) >= 11 is 3.41. The highest BCUT2D eigenvalue weighted by molar-refractivity contribution is 9.10. The van der Waals surface area contributed by atoms with Crippen LogP contribution in [0, 0.1) is 0 Å². The van der Waals surface area contributed by atoms with E-state index in [1.165, 1.54) is 11.1 Å². The Balaban J connectivity index is 1.82. The summed E-state index contributed by atoms with van der Waals surface area (Å²) in [7, 11) is 0. The Bertz CT molecular complexity index is 651. The number of carboxylic acid groups (broad SMARTS) is 1. The third kappa shape index (κ3) is 2.50. The molecule has 3 heteroatoms. The van der Waals surface area contributed by atoms with Crippen LogP contribution in [0.5, 0.6) is 0 Å². The summed E-state index contributed by atoms with van der Waals surface area (Å²) in [4.78, 5) is 11.6. The number of benzene rings is 2. The Morgan fingerprint density at radius 3 is 2.75 bits per heavy atom. The number of aliphatic carboxylic acids is 1. The predicted molar refractivity (Wildman–Crippen MR) is 82.0 cm³/mol. The van der Waals surface area contributed by atoms with E-state index in [9.17, 15) is 9.90 Å². The van der Waals surface area contributed by atoms with Gasteiger partial charge in [-0.2, -0.15) is 0 Å². The van der Waals surface area contributed by atoms with Crippen LogP contribution in [-0.4, -0.2) is 11.1 Å². The van der Waals surface area contributed by atoms with Gasteiger partial charge in [0.25, 0.3) is 0 Å². The van der Waals surface area contributed by atoms with Crippen LogP contribution in [-0.2, 0) is 11.2 Å². The van der Waals surface area contributed by atoms with E-state index in [1.807, 2.05) is 36.4 Å². The molecule has 2 atom stereocenters. The van der Waals surface area contributed by atoms with Crippen molar-refractivity contribution in [3.63, 3.8) is 0 Å². The summed E-state index contributed by atoms with van der Waals surface area (Å²) in [6.07, 6.45) is 1.66. The molecule has 0 saturated heterocycles. The molecule has 102 valence electrons. The van der Waals surface area contributed by atoms with Gasteiger partial charge in [0.2, 0.25) is 0 Å². The molecule has 0 bridgehead atoms. The number of rotatable bonds is 4. The smallest absolute Gasteiger partial charge is 0.310 e. The van der Waals surface area contributed by atoms with Crippen molar-refractivity contribution >= 4 is 21.9 Å². The lowest BCUT2D eigenvalue weighted by Crippen LogP contribution is -2.22. The van der Waals surface area contributed by atoms with Crippen LogP contribution in [0.15, 0.2) is 53.0 Å². The van der Waals surface area contributed by atoms with Crippen molar-refractivity contribution in [2.24, 2.45) is 0 Å². The highest BCUT2D eigenvalue weighted by Crippen LogP contribution is 2.41. The van der Waals surface area contributed by atoms with E-state index >= 15 is 0 Å². The Morgan fingerprint density at radius 1 is 1.25 bits per heavy atom. The molecule has 0 radical (unpaired) electrons. The van der Waals surface area contributed by atoms with Gasteiger partial charge in [-0.1, -0.05) is 52.3 Å². The van der Waals surface area contributed by atoms with Gasteiger partial charge in [-0.25, -0.2) is 0 Å². The summed E-state index contributed by atoms with van der Waals surface area (Å²) in [6.45, 7) is 0. The largest absolute Gasteiger partial charge is 0.481 e. The molecule has 0 saturated carbocycles. The molecule has 20 heavy (non-hydrogen) atoms. The molecule has 0 aromatic heterocycles. The number of carboxylic acids is 1. The molecule has 3 rings (SSSR count). The first-order chi connectivity index (χ1) is 9.65. The highest BCUT2D eigenvalue weighted by atomic mass is 79.9. The maximum absolute atomic E-state index is 11.6. The molecule has 1 N–H and O–H groups in total. The zero-order valence-electron chi connectivity index (χ0n) is 10.9. The Hall–Kier alpha value is -1.61. The first-order valence-electron chi connectivity index (χ1n) is 6.71. The molecule has 2 aromatic rings. The summed E-state index contributed by atoms with van der Waals surface area (Å²) in [5.41, 5.74) is 3.54. The molecule has 1 aliphatic rings. The molecule has 2 aromatic carbocycles. The summed E-state index contributed by atoms with van der Waals surface area (Å²) < 4.78 is 0.926. The number of hydrogen-bond acceptors (Lipinski definition) is 1. The van der Waals surface area contributed by atoms with E-state index in [4.69, 9.17) is 0 Å². The second-order valence-electron chi connectivity index (χ2n) is 5.28. The minimum absolute atomic E-state index is 0.367. The van der Waals surface area contributed by atoms with Gasteiger partial charge in [-0.05, 0) is 47.6 Å². The second kappa shape index (κ2) is 5.41. The average molecular weight is 331 g/mol. The fourth-order valence-electron chi connectivity index (χ4n) is 2.96.